The van der Waals surface area contributed by atoms with Gasteiger partial charge >= 0.3 is 0 Å². The van der Waals surface area contributed by atoms with Crippen molar-refractivity contribution in [1.82, 2.24) is 0 Å². The van der Waals surface area contributed by atoms with Crippen LogP contribution in [0.4, 0.5) is 0 Å². The molecule has 1 aromatic rings. The average molecular weight is 298 g/mol. The van der Waals surface area contributed by atoms with Crippen molar-refractivity contribution in [1.29, 1.82) is 0 Å². The van der Waals surface area contributed by atoms with Crippen molar-refractivity contribution < 1.29 is 4.79 Å². The molecule has 0 saturated heterocycles. The highest BCUT2D eigenvalue weighted by Crippen LogP contribution is 2.36. The Morgan fingerprint density at radius 3 is 2.79 bits per heavy atom. The molecular weight excluding hydrogens is 287 g/mol. The lowest BCUT2D eigenvalue weighted by atomic mass is 9.99. The van der Waals surface area contributed by atoms with Gasteiger partial charge in [-0.25, -0.2) is 0 Å². The third-order valence-corrected chi connectivity index (χ3v) is 4.30. The first-order valence-corrected chi connectivity index (χ1v) is 6.21. The first-order chi connectivity index (χ1) is 6.77. The summed E-state index contributed by atoms with van der Waals surface area (Å²) in [6, 6.07) is 2.29. The van der Waals surface area contributed by atoms with E-state index in [2.05, 4.69) is 28.7 Å². The molecule has 0 aromatic heterocycles. The van der Waals surface area contributed by atoms with Crippen molar-refractivity contribution in [2.24, 2.45) is 0 Å². The van der Waals surface area contributed by atoms with E-state index in [0.29, 0.717) is 5.78 Å². The van der Waals surface area contributed by atoms with Crippen LogP contribution >= 0.6 is 22.6 Å². The number of benzene rings is 1. The Bertz CT molecular complexity index is 434. The molecule has 72 valence electrons. The van der Waals surface area contributed by atoms with Crippen LogP contribution in [0.25, 0.3) is 0 Å². The number of fused-ring (bicyclic) bond motifs is 3. The highest BCUT2D eigenvalue weighted by Gasteiger charge is 2.28. The van der Waals surface area contributed by atoms with E-state index in [0.717, 1.165) is 24.8 Å². The second kappa shape index (κ2) is 3.05. The summed E-state index contributed by atoms with van der Waals surface area (Å²) in [5.74, 6) is 0.386. The normalized spacial score (nSPS) is 18.5. The van der Waals surface area contributed by atoms with E-state index in [9.17, 15) is 4.79 Å². The molecule has 0 amide bonds. The molecule has 2 aliphatic carbocycles. The molecule has 0 aliphatic heterocycles. The molecule has 1 nitrogen and oxygen atoms in total. The fourth-order valence-corrected chi connectivity index (χ4v) is 3.61. The molecule has 0 heterocycles. The lowest BCUT2D eigenvalue weighted by Gasteiger charge is -2.08. The van der Waals surface area contributed by atoms with Crippen molar-refractivity contribution in [2.75, 3.05) is 0 Å². The number of carbonyl (C=O) groups is 1. The van der Waals surface area contributed by atoms with Gasteiger partial charge in [0, 0.05) is 15.6 Å². The molecule has 0 bridgehead atoms. The molecule has 0 N–H and O–H groups in total. The molecule has 0 fully saturated rings. The largest absolute Gasteiger partial charge is 0.294 e. The number of aryl methyl sites for hydroxylation is 1. The van der Waals surface area contributed by atoms with Crippen molar-refractivity contribution in [3.63, 3.8) is 0 Å². The van der Waals surface area contributed by atoms with Crippen molar-refractivity contribution in [2.45, 2.75) is 32.1 Å². The van der Waals surface area contributed by atoms with Crippen LogP contribution in [-0.2, 0) is 19.3 Å². The van der Waals surface area contributed by atoms with Gasteiger partial charge in [-0.2, -0.15) is 0 Å². The second-order valence-electron chi connectivity index (χ2n) is 4.13. The van der Waals surface area contributed by atoms with E-state index in [4.69, 9.17) is 0 Å². The van der Waals surface area contributed by atoms with Gasteiger partial charge in [0.1, 0.15) is 0 Å². The van der Waals surface area contributed by atoms with Gasteiger partial charge in [0.05, 0.1) is 0 Å². The molecular formula is C12H11IO. The van der Waals surface area contributed by atoms with E-state index < -0.39 is 0 Å². The molecule has 3 rings (SSSR count). The summed E-state index contributed by atoms with van der Waals surface area (Å²) < 4.78 is 1.31. The smallest absolute Gasteiger partial charge is 0.163 e. The zero-order chi connectivity index (χ0) is 9.71. The molecule has 2 aliphatic rings. The van der Waals surface area contributed by atoms with Crippen LogP contribution in [0.2, 0.25) is 0 Å². The van der Waals surface area contributed by atoms with E-state index in [1.54, 1.807) is 0 Å². The standard InChI is InChI=1S/C12H11IO/c13-10-6-7-2-1-3-8(7)12-9(10)4-5-11(12)14/h6H,1-5H2. The highest BCUT2D eigenvalue weighted by molar-refractivity contribution is 14.1. The van der Waals surface area contributed by atoms with Gasteiger partial charge in [0.2, 0.25) is 0 Å². The number of hydrogen-bond donors (Lipinski definition) is 0. The molecule has 0 spiro atoms. The number of hydrogen-bond acceptors (Lipinski definition) is 1. The molecule has 0 atom stereocenters. The Morgan fingerprint density at radius 2 is 1.93 bits per heavy atom. The fourth-order valence-electron chi connectivity index (χ4n) is 2.70. The number of Topliss-reactive ketones (excluding diaryl/α,β-unsaturated/α-hetero) is 1. The fraction of sp³-hybridized carbons (Fsp3) is 0.417. The van der Waals surface area contributed by atoms with Crippen LogP contribution in [0, 0.1) is 3.57 Å². The van der Waals surface area contributed by atoms with Crippen LogP contribution in [0.15, 0.2) is 6.07 Å². The van der Waals surface area contributed by atoms with Crippen LogP contribution in [0.1, 0.15) is 39.9 Å². The van der Waals surface area contributed by atoms with Crippen LogP contribution in [0.5, 0.6) is 0 Å². The summed E-state index contributed by atoms with van der Waals surface area (Å²) in [6.45, 7) is 0. The monoisotopic (exact) mass is 298 g/mol. The van der Waals surface area contributed by atoms with Crippen LogP contribution in [0.3, 0.4) is 0 Å². The average Bonchev–Trinajstić information content (AvgIpc) is 2.71. The minimum Gasteiger partial charge on any atom is -0.294 e. The van der Waals surface area contributed by atoms with E-state index in [-0.39, 0.29) is 0 Å². The van der Waals surface area contributed by atoms with Gasteiger partial charge in [-0.05, 0) is 71.0 Å². The van der Waals surface area contributed by atoms with E-state index >= 15 is 0 Å². The van der Waals surface area contributed by atoms with E-state index in [1.807, 2.05) is 0 Å². The van der Waals surface area contributed by atoms with Gasteiger partial charge in [-0.1, -0.05) is 0 Å². The summed E-state index contributed by atoms with van der Waals surface area (Å²) in [6.07, 6.45) is 5.24. The summed E-state index contributed by atoms with van der Waals surface area (Å²) in [5, 5.41) is 0. The minimum atomic E-state index is 0.386. The van der Waals surface area contributed by atoms with Crippen LogP contribution in [-0.4, -0.2) is 5.78 Å². The Labute approximate surface area is 97.0 Å². The van der Waals surface area contributed by atoms with Crippen molar-refractivity contribution in [3.8, 4) is 0 Å². The number of ketones is 1. The lowest BCUT2D eigenvalue weighted by molar-refractivity contribution is 0.0994. The third kappa shape index (κ3) is 1.09. The summed E-state index contributed by atoms with van der Waals surface area (Å²) >= 11 is 2.38. The van der Waals surface area contributed by atoms with Gasteiger partial charge in [-0.3, -0.25) is 4.79 Å². The minimum absolute atomic E-state index is 0.386. The van der Waals surface area contributed by atoms with Crippen molar-refractivity contribution in [3.05, 3.63) is 31.9 Å². The summed E-state index contributed by atoms with van der Waals surface area (Å²) in [4.78, 5) is 11.8. The molecule has 1 aromatic carbocycles. The Balaban J connectivity index is 2.34. The first kappa shape index (κ1) is 8.89. The highest BCUT2D eigenvalue weighted by atomic mass is 127. The zero-order valence-electron chi connectivity index (χ0n) is 7.90. The maximum absolute atomic E-state index is 11.8. The predicted molar refractivity (Wildman–Crippen MR) is 63.8 cm³/mol. The predicted octanol–water partition coefficient (Wildman–Crippen LogP) is 2.91. The lowest BCUT2D eigenvalue weighted by Crippen LogP contribution is -2.00. The summed E-state index contributed by atoms with van der Waals surface area (Å²) in [5.41, 5.74) is 5.24. The number of rotatable bonds is 0. The molecule has 14 heavy (non-hydrogen) atoms. The number of halogens is 1. The van der Waals surface area contributed by atoms with Gasteiger partial charge < -0.3 is 0 Å². The SMILES string of the molecule is O=C1CCc2c(I)cc3c(c21)CCC3. The Morgan fingerprint density at radius 1 is 1.07 bits per heavy atom. The first-order valence-electron chi connectivity index (χ1n) is 5.13. The number of carbonyl (C=O) groups excluding carboxylic acids is 1. The maximum Gasteiger partial charge on any atom is 0.163 e. The zero-order valence-corrected chi connectivity index (χ0v) is 10.1. The third-order valence-electron chi connectivity index (χ3n) is 3.33. The van der Waals surface area contributed by atoms with E-state index in [1.165, 1.54) is 33.1 Å². The maximum atomic E-state index is 11.8. The van der Waals surface area contributed by atoms with Crippen LogP contribution < -0.4 is 0 Å². The molecule has 0 saturated carbocycles. The molecule has 0 radical (unpaired) electrons. The topological polar surface area (TPSA) is 17.1 Å². The molecule has 0 unspecified atom stereocenters. The molecule has 2 heteroatoms. The van der Waals surface area contributed by atoms with Gasteiger partial charge in [0.25, 0.3) is 0 Å². The summed E-state index contributed by atoms with van der Waals surface area (Å²) in [7, 11) is 0. The Hall–Kier alpha value is -0.380. The van der Waals surface area contributed by atoms with Gasteiger partial charge in [0.15, 0.2) is 5.78 Å². The Kier molecular flexibility index (Phi) is 1.94. The van der Waals surface area contributed by atoms with Gasteiger partial charge in [-0.15, -0.1) is 0 Å². The quantitative estimate of drug-likeness (QED) is 0.673. The second-order valence-corrected chi connectivity index (χ2v) is 5.29. The van der Waals surface area contributed by atoms with Crippen molar-refractivity contribution >= 4 is 28.4 Å².